The number of hydrogen-bond donors (Lipinski definition) is 0. The summed E-state index contributed by atoms with van der Waals surface area (Å²) in [5.41, 5.74) is 0.909. The second-order valence-corrected chi connectivity index (χ2v) is 3.84. The third-order valence-electron chi connectivity index (χ3n) is 2.52. The van der Waals surface area contributed by atoms with Crippen molar-refractivity contribution in [1.29, 1.82) is 0 Å². The largest absolute Gasteiger partial charge is 0.497 e. The molecule has 1 atom stereocenters. The van der Waals surface area contributed by atoms with Gasteiger partial charge in [0.25, 0.3) is 0 Å². The molecule has 0 spiro atoms. The van der Waals surface area contributed by atoms with Gasteiger partial charge in [0.2, 0.25) is 0 Å². The van der Waals surface area contributed by atoms with Crippen molar-refractivity contribution < 1.29 is 14.3 Å². The molecule has 0 fully saturated rings. The van der Waals surface area contributed by atoms with Crippen LogP contribution in [0.15, 0.2) is 24.3 Å². The molecule has 0 aliphatic rings. The van der Waals surface area contributed by atoms with Crippen LogP contribution in [0.2, 0.25) is 0 Å². The first kappa shape index (κ1) is 12.4. The molecule has 0 radical (unpaired) electrons. The zero-order chi connectivity index (χ0) is 12.1. The van der Waals surface area contributed by atoms with Gasteiger partial charge in [-0.15, -0.1) is 0 Å². The van der Waals surface area contributed by atoms with Crippen LogP contribution in [0.4, 0.5) is 0 Å². The lowest BCUT2D eigenvalue weighted by molar-refractivity contribution is -0.126. The monoisotopic (exact) mass is 220 g/mol. The molecule has 0 heterocycles. The smallest absolute Gasteiger partial charge is 0.147 e. The predicted octanol–water partition coefficient (Wildman–Crippen LogP) is 2.35. The molecule has 1 aromatic carbocycles. The summed E-state index contributed by atoms with van der Waals surface area (Å²) in [6, 6.07) is 7.32. The molecule has 0 aliphatic carbocycles. The first-order chi connectivity index (χ1) is 7.54. The summed E-state index contributed by atoms with van der Waals surface area (Å²) in [5, 5.41) is 0. The van der Waals surface area contributed by atoms with Crippen LogP contribution < -0.4 is 4.74 Å². The Labute approximate surface area is 95.4 Å². The topological polar surface area (TPSA) is 43.4 Å². The molecule has 16 heavy (non-hydrogen) atoms. The minimum Gasteiger partial charge on any atom is -0.497 e. The molecule has 0 N–H and O–H groups in total. The number of carbonyl (C=O) groups excluding carboxylic acids is 2. The standard InChI is InChI=1S/C13H16O3/c1-9(14)8-13(15)10(2)11-4-6-12(16-3)7-5-11/h4-7,10H,8H2,1-3H3. The highest BCUT2D eigenvalue weighted by Crippen LogP contribution is 2.20. The summed E-state index contributed by atoms with van der Waals surface area (Å²) in [5.74, 6) is 0.382. The van der Waals surface area contributed by atoms with E-state index in [4.69, 9.17) is 4.74 Å². The molecule has 0 aliphatic heterocycles. The number of ether oxygens (including phenoxy) is 1. The number of rotatable bonds is 5. The summed E-state index contributed by atoms with van der Waals surface area (Å²) in [7, 11) is 1.60. The van der Waals surface area contributed by atoms with Crippen molar-refractivity contribution in [3.05, 3.63) is 29.8 Å². The Bertz CT molecular complexity index is 379. The molecule has 1 unspecified atom stereocenters. The van der Waals surface area contributed by atoms with Gasteiger partial charge in [-0.1, -0.05) is 19.1 Å². The minimum atomic E-state index is -0.241. The van der Waals surface area contributed by atoms with Crippen LogP contribution in [-0.2, 0) is 9.59 Å². The molecule has 0 bridgehead atoms. The van der Waals surface area contributed by atoms with Crippen molar-refractivity contribution in [2.75, 3.05) is 7.11 Å². The summed E-state index contributed by atoms with van der Waals surface area (Å²) in [6.07, 6.45) is 0.00714. The van der Waals surface area contributed by atoms with Gasteiger partial charge in [0, 0.05) is 5.92 Å². The van der Waals surface area contributed by atoms with Gasteiger partial charge in [0.1, 0.15) is 17.3 Å². The lowest BCUT2D eigenvalue weighted by Gasteiger charge is -2.10. The Morgan fingerprint density at radius 2 is 1.81 bits per heavy atom. The zero-order valence-electron chi connectivity index (χ0n) is 9.82. The van der Waals surface area contributed by atoms with E-state index >= 15 is 0 Å². The maximum atomic E-state index is 11.7. The summed E-state index contributed by atoms with van der Waals surface area (Å²) in [4.78, 5) is 22.5. The minimum absolute atomic E-state index is 0.00714. The first-order valence-corrected chi connectivity index (χ1v) is 5.20. The van der Waals surface area contributed by atoms with E-state index in [-0.39, 0.29) is 23.9 Å². The summed E-state index contributed by atoms with van der Waals surface area (Å²) >= 11 is 0. The molecule has 0 saturated carbocycles. The molecule has 0 amide bonds. The van der Waals surface area contributed by atoms with E-state index in [0.29, 0.717) is 0 Å². The van der Waals surface area contributed by atoms with Crippen molar-refractivity contribution in [2.24, 2.45) is 0 Å². The Kier molecular flexibility index (Phi) is 4.23. The molecular formula is C13H16O3. The van der Waals surface area contributed by atoms with Crippen molar-refractivity contribution in [1.82, 2.24) is 0 Å². The normalized spacial score (nSPS) is 11.9. The van der Waals surface area contributed by atoms with Crippen LogP contribution in [0.3, 0.4) is 0 Å². The van der Waals surface area contributed by atoms with Crippen molar-refractivity contribution in [2.45, 2.75) is 26.2 Å². The molecule has 0 saturated heterocycles. The third-order valence-corrected chi connectivity index (χ3v) is 2.52. The number of carbonyl (C=O) groups is 2. The van der Waals surface area contributed by atoms with E-state index < -0.39 is 0 Å². The van der Waals surface area contributed by atoms with Crippen LogP contribution in [0.1, 0.15) is 31.7 Å². The van der Waals surface area contributed by atoms with Gasteiger partial charge in [0.05, 0.1) is 13.5 Å². The molecule has 86 valence electrons. The fourth-order valence-corrected chi connectivity index (χ4v) is 1.48. The van der Waals surface area contributed by atoms with Crippen LogP contribution in [-0.4, -0.2) is 18.7 Å². The first-order valence-electron chi connectivity index (χ1n) is 5.20. The van der Waals surface area contributed by atoms with Crippen LogP contribution in [0, 0.1) is 0 Å². The van der Waals surface area contributed by atoms with Crippen LogP contribution >= 0.6 is 0 Å². The second-order valence-electron chi connectivity index (χ2n) is 3.84. The number of benzene rings is 1. The van der Waals surface area contributed by atoms with E-state index in [1.165, 1.54) is 6.92 Å². The summed E-state index contributed by atoms with van der Waals surface area (Å²) < 4.78 is 5.03. The SMILES string of the molecule is COc1ccc(C(C)C(=O)CC(C)=O)cc1. The predicted molar refractivity (Wildman–Crippen MR) is 61.7 cm³/mol. The van der Waals surface area contributed by atoms with Gasteiger partial charge in [-0.25, -0.2) is 0 Å². The second kappa shape index (κ2) is 5.45. The molecule has 3 nitrogen and oxygen atoms in total. The van der Waals surface area contributed by atoms with E-state index in [9.17, 15) is 9.59 Å². The Morgan fingerprint density at radius 1 is 1.25 bits per heavy atom. The highest BCUT2D eigenvalue weighted by atomic mass is 16.5. The number of methoxy groups -OCH3 is 1. The van der Waals surface area contributed by atoms with E-state index in [1.54, 1.807) is 7.11 Å². The van der Waals surface area contributed by atoms with E-state index in [2.05, 4.69) is 0 Å². The molecule has 1 rings (SSSR count). The van der Waals surface area contributed by atoms with E-state index in [0.717, 1.165) is 11.3 Å². The number of ketones is 2. The van der Waals surface area contributed by atoms with Gasteiger partial charge in [0.15, 0.2) is 0 Å². The van der Waals surface area contributed by atoms with Crippen LogP contribution in [0.5, 0.6) is 5.75 Å². The van der Waals surface area contributed by atoms with Crippen LogP contribution in [0.25, 0.3) is 0 Å². The van der Waals surface area contributed by atoms with Crippen molar-refractivity contribution in [3.8, 4) is 5.75 Å². The number of Topliss-reactive ketones (excluding diaryl/α,β-unsaturated/α-hetero) is 2. The number of hydrogen-bond acceptors (Lipinski definition) is 3. The highest BCUT2D eigenvalue weighted by molar-refractivity contribution is 6.00. The van der Waals surface area contributed by atoms with Crippen molar-refractivity contribution >= 4 is 11.6 Å². The fraction of sp³-hybridized carbons (Fsp3) is 0.385. The van der Waals surface area contributed by atoms with Gasteiger partial charge in [-0.05, 0) is 24.6 Å². The quantitative estimate of drug-likeness (QED) is 0.715. The molecular weight excluding hydrogens is 204 g/mol. The molecule has 1 aromatic rings. The van der Waals surface area contributed by atoms with Gasteiger partial charge < -0.3 is 4.74 Å². The van der Waals surface area contributed by atoms with Gasteiger partial charge >= 0.3 is 0 Å². The van der Waals surface area contributed by atoms with Crippen molar-refractivity contribution in [3.63, 3.8) is 0 Å². The maximum absolute atomic E-state index is 11.7. The van der Waals surface area contributed by atoms with Gasteiger partial charge in [-0.2, -0.15) is 0 Å². The molecule has 3 heteroatoms. The average molecular weight is 220 g/mol. The lowest BCUT2D eigenvalue weighted by atomic mass is 9.94. The average Bonchev–Trinajstić information content (AvgIpc) is 2.27. The zero-order valence-corrected chi connectivity index (χ0v) is 9.82. The third kappa shape index (κ3) is 3.19. The van der Waals surface area contributed by atoms with E-state index in [1.807, 2.05) is 31.2 Å². The lowest BCUT2D eigenvalue weighted by Crippen LogP contribution is -2.12. The summed E-state index contributed by atoms with van der Waals surface area (Å²) in [6.45, 7) is 3.24. The Balaban J connectivity index is 2.75. The fourth-order valence-electron chi connectivity index (χ4n) is 1.48. The maximum Gasteiger partial charge on any atom is 0.147 e. The highest BCUT2D eigenvalue weighted by Gasteiger charge is 2.16. The van der Waals surface area contributed by atoms with Gasteiger partial charge in [-0.3, -0.25) is 9.59 Å². The Morgan fingerprint density at radius 3 is 2.25 bits per heavy atom. The Hall–Kier alpha value is -1.64. The molecule has 0 aromatic heterocycles.